The number of hydrogen-bond acceptors (Lipinski definition) is 2. The molecule has 1 unspecified atom stereocenters. The van der Waals surface area contributed by atoms with Gasteiger partial charge in [-0.15, -0.1) is 0 Å². The standard InChI is InChI=1S/C16H23NO2/c1-13-4-2-5-14(12-13)7-8-16(18)17-10-9-15-6-3-11-19-15/h2,4-5,12,15H,3,6-11H2,1H3,(H,17,18). The van der Waals surface area contributed by atoms with Crippen LogP contribution in [0.25, 0.3) is 0 Å². The molecule has 1 heterocycles. The summed E-state index contributed by atoms with van der Waals surface area (Å²) in [6.07, 6.45) is 4.97. The molecule has 1 amide bonds. The van der Waals surface area contributed by atoms with Gasteiger partial charge in [-0.3, -0.25) is 4.79 Å². The molecule has 1 atom stereocenters. The Labute approximate surface area is 115 Å². The van der Waals surface area contributed by atoms with Crippen LogP contribution >= 0.6 is 0 Å². The smallest absolute Gasteiger partial charge is 0.220 e. The summed E-state index contributed by atoms with van der Waals surface area (Å²) in [4.78, 5) is 11.7. The van der Waals surface area contributed by atoms with E-state index in [1.54, 1.807) is 0 Å². The maximum Gasteiger partial charge on any atom is 0.220 e. The van der Waals surface area contributed by atoms with E-state index in [0.717, 1.165) is 38.8 Å². The molecule has 0 aromatic heterocycles. The monoisotopic (exact) mass is 261 g/mol. The van der Waals surface area contributed by atoms with Crippen molar-refractivity contribution in [2.24, 2.45) is 0 Å². The molecule has 19 heavy (non-hydrogen) atoms. The lowest BCUT2D eigenvalue weighted by atomic mass is 10.1. The van der Waals surface area contributed by atoms with Crippen molar-refractivity contribution in [2.45, 2.75) is 45.1 Å². The predicted octanol–water partition coefficient (Wildman–Crippen LogP) is 2.61. The Balaban J connectivity index is 1.61. The maximum atomic E-state index is 11.7. The van der Waals surface area contributed by atoms with Crippen LogP contribution in [-0.2, 0) is 16.0 Å². The van der Waals surface area contributed by atoms with E-state index in [4.69, 9.17) is 4.74 Å². The number of carbonyl (C=O) groups is 1. The van der Waals surface area contributed by atoms with Gasteiger partial charge in [-0.2, -0.15) is 0 Å². The first-order valence-electron chi connectivity index (χ1n) is 7.18. The summed E-state index contributed by atoms with van der Waals surface area (Å²) in [6, 6.07) is 8.33. The minimum Gasteiger partial charge on any atom is -0.378 e. The Bertz CT molecular complexity index is 411. The number of benzene rings is 1. The van der Waals surface area contributed by atoms with Crippen molar-refractivity contribution in [3.8, 4) is 0 Å². The second-order valence-electron chi connectivity index (χ2n) is 5.26. The highest BCUT2D eigenvalue weighted by Gasteiger charge is 2.14. The van der Waals surface area contributed by atoms with Crippen LogP contribution in [0.3, 0.4) is 0 Å². The first kappa shape index (κ1) is 14.1. The molecule has 0 saturated carbocycles. The Morgan fingerprint density at radius 3 is 3.11 bits per heavy atom. The molecular weight excluding hydrogens is 238 g/mol. The van der Waals surface area contributed by atoms with Gasteiger partial charge in [0.25, 0.3) is 0 Å². The number of ether oxygens (including phenoxy) is 1. The van der Waals surface area contributed by atoms with Crippen LogP contribution in [0.5, 0.6) is 0 Å². The first-order valence-corrected chi connectivity index (χ1v) is 7.18. The molecule has 3 nitrogen and oxygen atoms in total. The van der Waals surface area contributed by atoms with Crippen molar-refractivity contribution in [1.82, 2.24) is 5.32 Å². The van der Waals surface area contributed by atoms with E-state index >= 15 is 0 Å². The van der Waals surface area contributed by atoms with Gasteiger partial charge in [0.2, 0.25) is 5.91 Å². The Morgan fingerprint density at radius 1 is 1.47 bits per heavy atom. The number of amides is 1. The fraction of sp³-hybridized carbons (Fsp3) is 0.562. The quantitative estimate of drug-likeness (QED) is 0.855. The van der Waals surface area contributed by atoms with Gasteiger partial charge in [0.1, 0.15) is 0 Å². The van der Waals surface area contributed by atoms with Gasteiger partial charge in [0.05, 0.1) is 6.10 Å². The summed E-state index contributed by atoms with van der Waals surface area (Å²) < 4.78 is 5.53. The highest BCUT2D eigenvalue weighted by atomic mass is 16.5. The topological polar surface area (TPSA) is 38.3 Å². The number of rotatable bonds is 6. The highest BCUT2D eigenvalue weighted by Crippen LogP contribution is 2.14. The minimum atomic E-state index is 0.138. The molecule has 0 bridgehead atoms. The van der Waals surface area contributed by atoms with Crippen molar-refractivity contribution in [3.05, 3.63) is 35.4 Å². The molecule has 0 aliphatic carbocycles. The molecule has 104 valence electrons. The third-order valence-corrected chi connectivity index (χ3v) is 3.54. The molecule has 1 aliphatic heterocycles. The Hall–Kier alpha value is -1.35. The Morgan fingerprint density at radius 2 is 2.37 bits per heavy atom. The largest absolute Gasteiger partial charge is 0.378 e. The molecule has 2 rings (SSSR count). The van der Waals surface area contributed by atoms with Gasteiger partial charge >= 0.3 is 0 Å². The molecule has 1 aromatic carbocycles. The van der Waals surface area contributed by atoms with Gasteiger partial charge in [-0.25, -0.2) is 0 Å². The SMILES string of the molecule is Cc1cccc(CCC(=O)NCCC2CCCO2)c1. The molecule has 1 fully saturated rings. The molecule has 0 radical (unpaired) electrons. The first-order chi connectivity index (χ1) is 9.24. The van der Waals surface area contributed by atoms with Gasteiger partial charge in [-0.05, 0) is 38.2 Å². The average molecular weight is 261 g/mol. The molecule has 1 aromatic rings. The predicted molar refractivity (Wildman–Crippen MR) is 76.1 cm³/mol. The van der Waals surface area contributed by atoms with Crippen molar-refractivity contribution in [1.29, 1.82) is 0 Å². The van der Waals surface area contributed by atoms with Crippen LogP contribution in [0.4, 0.5) is 0 Å². The van der Waals surface area contributed by atoms with Gasteiger partial charge in [-0.1, -0.05) is 29.8 Å². The summed E-state index contributed by atoms with van der Waals surface area (Å²) in [6.45, 7) is 3.69. The summed E-state index contributed by atoms with van der Waals surface area (Å²) in [7, 11) is 0. The number of hydrogen-bond donors (Lipinski definition) is 1. The third kappa shape index (κ3) is 5.03. The van der Waals surface area contributed by atoms with Crippen LogP contribution in [0.2, 0.25) is 0 Å². The van der Waals surface area contributed by atoms with Gasteiger partial charge in [0.15, 0.2) is 0 Å². The van der Waals surface area contributed by atoms with E-state index in [9.17, 15) is 4.79 Å². The zero-order valence-electron chi connectivity index (χ0n) is 11.7. The van der Waals surface area contributed by atoms with E-state index in [-0.39, 0.29) is 5.91 Å². The average Bonchev–Trinajstić information content (AvgIpc) is 2.90. The van der Waals surface area contributed by atoms with E-state index in [0.29, 0.717) is 12.5 Å². The summed E-state index contributed by atoms with van der Waals surface area (Å²) >= 11 is 0. The highest BCUT2D eigenvalue weighted by molar-refractivity contribution is 5.76. The zero-order chi connectivity index (χ0) is 13.5. The fourth-order valence-corrected chi connectivity index (χ4v) is 2.46. The molecule has 1 saturated heterocycles. The van der Waals surface area contributed by atoms with Crippen LogP contribution in [0.1, 0.15) is 36.8 Å². The van der Waals surface area contributed by atoms with Gasteiger partial charge in [0, 0.05) is 19.6 Å². The van der Waals surface area contributed by atoms with E-state index in [1.807, 2.05) is 6.07 Å². The molecule has 0 spiro atoms. The number of nitrogens with one attached hydrogen (secondary N) is 1. The summed E-state index contributed by atoms with van der Waals surface area (Å²) in [5.41, 5.74) is 2.48. The lowest BCUT2D eigenvalue weighted by Crippen LogP contribution is -2.27. The van der Waals surface area contributed by atoms with Crippen LogP contribution in [0, 0.1) is 6.92 Å². The second-order valence-corrected chi connectivity index (χ2v) is 5.26. The normalized spacial score (nSPS) is 18.5. The minimum absolute atomic E-state index is 0.138. The molecule has 1 aliphatic rings. The van der Waals surface area contributed by atoms with E-state index < -0.39 is 0 Å². The van der Waals surface area contributed by atoms with Crippen molar-refractivity contribution >= 4 is 5.91 Å². The fourth-order valence-electron chi connectivity index (χ4n) is 2.46. The van der Waals surface area contributed by atoms with Crippen LogP contribution in [0.15, 0.2) is 24.3 Å². The molecular formula is C16H23NO2. The van der Waals surface area contributed by atoms with Crippen molar-refractivity contribution in [2.75, 3.05) is 13.2 Å². The van der Waals surface area contributed by atoms with E-state index in [1.165, 1.54) is 11.1 Å². The molecule has 1 N–H and O–H groups in total. The third-order valence-electron chi connectivity index (χ3n) is 3.54. The van der Waals surface area contributed by atoms with Crippen LogP contribution < -0.4 is 5.32 Å². The number of carbonyl (C=O) groups excluding carboxylic acids is 1. The lowest BCUT2D eigenvalue weighted by molar-refractivity contribution is -0.121. The number of aryl methyl sites for hydroxylation is 2. The zero-order valence-corrected chi connectivity index (χ0v) is 11.7. The van der Waals surface area contributed by atoms with Gasteiger partial charge < -0.3 is 10.1 Å². The Kier molecular flexibility index (Phi) is 5.40. The summed E-state index contributed by atoms with van der Waals surface area (Å²) in [5, 5.41) is 2.98. The van der Waals surface area contributed by atoms with Crippen LogP contribution in [-0.4, -0.2) is 25.2 Å². The maximum absolute atomic E-state index is 11.7. The van der Waals surface area contributed by atoms with Crippen molar-refractivity contribution in [3.63, 3.8) is 0 Å². The van der Waals surface area contributed by atoms with Crippen molar-refractivity contribution < 1.29 is 9.53 Å². The lowest BCUT2D eigenvalue weighted by Gasteiger charge is -2.10. The summed E-state index contributed by atoms with van der Waals surface area (Å²) in [5.74, 6) is 0.138. The molecule has 3 heteroatoms. The van der Waals surface area contributed by atoms with E-state index in [2.05, 4.69) is 30.4 Å². The second kappa shape index (κ2) is 7.29.